The maximum atomic E-state index is 13.1. The molecule has 0 saturated heterocycles. The second-order valence-electron chi connectivity index (χ2n) is 10.3. The lowest BCUT2D eigenvalue weighted by Crippen LogP contribution is -2.31. The fourth-order valence-corrected chi connectivity index (χ4v) is 5.54. The van der Waals surface area contributed by atoms with Crippen LogP contribution in [-0.4, -0.2) is 15.3 Å². The van der Waals surface area contributed by atoms with Gasteiger partial charge in [-0.2, -0.15) is 0 Å². The average molecular weight is 504 g/mol. The third-order valence-corrected chi connectivity index (χ3v) is 8.02. The normalized spacial score (nSPS) is 13.1. The molecule has 2 atom stereocenters. The Morgan fingerprint density at radius 1 is 0.895 bits per heavy atom. The van der Waals surface area contributed by atoms with Gasteiger partial charge in [-0.25, -0.2) is 4.98 Å². The monoisotopic (exact) mass is 503 g/mol. The molecule has 1 unspecified atom stereocenters. The lowest BCUT2D eigenvalue weighted by atomic mass is 9.96. The molecule has 194 valence electrons. The number of hydrogen-bond acceptors (Lipinski definition) is 2. The lowest BCUT2D eigenvalue weighted by Gasteiger charge is -2.20. The minimum Gasteiger partial charge on any atom is -0.349 e. The van der Waals surface area contributed by atoms with Crippen LogP contribution in [0.15, 0.2) is 78.9 Å². The third kappa shape index (κ3) is 4.71. The van der Waals surface area contributed by atoms with Gasteiger partial charge in [0.05, 0.1) is 17.5 Å². The van der Waals surface area contributed by atoms with Crippen LogP contribution in [-0.2, 0) is 17.6 Å². The molecule has 1 N–H and O–H groups in total. The van der Waals surface area contributed by atoms with Crippen LogP contribution in [0.3, 0.4) is 0 Å². The predicted molar refractivity (Wildman–Crippen MR) is 157 cm³/mol. The van der Waals surface area contributed by atoms with Crippen LogP contribution < -0.4 is 5.32 Å². The number of para-hydroxylation sites is 1. The van der Waals surface area contributed by atoms with Crippen molar-refractivity contribution in [2.24, 2.45) is 0 Å². The molecule has 5 rings (SSSR count). The summed E-state index contributed by atoms with van der Waals surface area (Å²) in [4.78, 5) is 18.2. The minimum atomic E-state index is -0.225. The van der Waals surface area contributed by atoms with E-state index in [0.29, 0.717) is 0 Å². The summed E-state index contributed by atoms with van der Waals surface area (Å²) in [5, 5.41) is 4.49. The molecule has 4 heteroatoms. The fraction of sp³-hybridized carbons (Fsp3) is 0.294. The Morgan fingerprint density at radius 3 is 2.26 bits per heavy atom. The number of rotatable bonds is 8. The summed E-state index contributed by atoms with van der Waals surface area (Å²) >= 11 is 0. The Balaban J connectivity index is 1.41. The molecule has 4 nitrogen and oxygen atoms in total. The van der Waals surface area contributed by atoms with Gasteiger partial charge in [-0.05, 0) is 61.9 Å². The van der Waals surface area contributed by atoms with Crippen molar-refractivity contribution < 1.29 is 4.79 Å². The molecule has 0 fully saturated rings. The smallest absolute Gasteiger partial charge is 0.227 e. The summed E-state index contributed by atoms with van der Waals surface area (Å²) in [6.07, 6.45) is 2.57. The first-order valence-electron chi connectivity index (χ1n) is 13.7. The number of carbonyl (C=O) groups is 1. The molecule has 0 aliphatic rings. The van der Waals surface area contributed by atoms with Crippen molar-refractivity contribution in [1.82, 2.24) is 14.7 Å². The van der Waals surface area contributed by atoms with E-state index in [0.717, 1.165) is 41.7 Å². The lowest BCUT2D eigenvalue weighted by molar-refractivity contribution is -0.123. The Labute approximate surface area is 225 Å². The molecular formula is C34H37N3O. The molecule has 0 aliphatic heterocycles. The first-order valence-corrected chi connectivity index (χ1v) is 13.7. The van der Waals surface area contributed by atoms with Crippen LogP contribution in [0.2, 0.25) is 0 Å². The van der Waals surface area contributed by atoms with Crippen molar-refractivity contribution in [2.75, 3.05) is 0 Å². The van der Waals surface area contributed by atoms with Crippen molar-refractivity contribution >= 4 is 22.5 Å². The van der Waals surface area contributed by atoms with Crippen LogP contribution in [0, 0.1) is 13.8 Å². The Hall–Kier alpha value is -3.92. The van der Waals surface area contributed by atoms with Gasteiger partial charge in [0, 0.05) is 28.8 Å². The number of aromatic nitrogens is 2. The molecule has 0 spiro atoms. The molecule has 0 saturated carbocycles. The molecule has 0 radical (unpaired) electrons. The Bertz CT molecular complexity index is 1580. The quantitative estimate of drug-likeness (QED) is 0.237. The number of aryl methyl sites for hydroxylation is 2. The summed E-state index contributed by atoms with van der Waals surface area (Å²) in [7, 11) is 0. The van der Waals surface area contributed by atoms with Gasteiger partial charge in [0.1, 0.15) is 5.65 Å². The molecule has 0 aliphatic carbocycles. The Morgan fingerprint density at radius 2 is 1.58 bits per heavy atom. The third-order valence-electron chi connectivity index (χ3n) is 8.02. The highest BCUT2D eigenvalue weighted by atomic mass is 16.1. The summed E-state index contributed by atoms with van der Waals surface area (Å²) in [6, 6.07) is 27.3. The van der Waals surface area contributed by atoms with Crippen molar-refractivity contribution in [2.45, 2.75) is 65.8 Å². The number of nitrogens with zero attached hydrogens (tertiary/aromatic N) is 2. The van der Waals surface area contributed by atoms with Crippen LogP contribution in [0.5, 0.6) is 0 Å². The molecule has 0 bridgehead atoms. The molecular weight excluding hydrogens is 466 g/mol. The van der Waals surface area contributed by atoms with Gasteiger partial charge in [0.25, 0.3) is 0 Å². The zero-order chi connectivity index (χ0) is 26.8. The van der Waals surface area contributed by atoms with E-state index in [-0.39, 0.29) is 17.9 Å². The number of nitrogens with one attached hydrogen (secondary N) is 1. The van der Waals surface area contributed by atoms with Gasteiger partial charge < -0.3 is 5.32 Å². The zero-order valence-corrected chi connectivity index (χ0v) is 23.1. The molecule has 2 aromatic heterocycles. The molecule has 2 heterocycles. The summed E-state index contributed by atoms with van der Waals surface area (Å²) in [5.41, 5.74) is 10.6. The van der Waals surface area contributed by atoms with Crippen molar-refractivity contribution in [3.05, 3.63) is 118 Å². The summed E-state index contributed by atoms with van der Waals surface area (Å²) < 4.78 is 2.32. The first kappa shape index (κ1) is 25.7. The summed E-state index contributed by atoms with van der Waals surface area (Å²) in [6.45, 7) is 10.6. The maximum Gasteiger partial charge on any atom is 0.227 e. The standard InChI is InChI=1S/C34H37N3O/c1-6-30-22(3)24(5)37-32-16-12-11-15-28(32)29(33(37)35-30)21-25-17-19-26(20-18-25)23(4)34(38)36-31(7-2)27-13-9-8-10-14-27/h8-20,23,31H,6-7,21H2,1-5H3,(H,36,38)/t23?,31-/m0/s1. The highest BCUT2D eigenvalue weighted by molar-refractivity contribution is 5.92. The van der Waals surface area contributed by atoms with Crippen molar-refractivity contribution in [3.8, 4) is 0 Å². The SMILES string of the molecule is CCc1nc2c(Cc3ccc(C(C)C(=O)N[C@@H](CC)c4ccccc4)cc3)c3ccccc3n2c(C)c1C. The van der Waals surface area contributed by atoms with Gasteiger partial charge in [-0.1, -0.05) is 86.6 Å². The van der Waals surface area contributed by atoms with Gasteiger partial charge in [-0.15, -0.1) is 0 Å². The predicted octanol–water partition coefficient (Wildman–Crippen LogP) is 7.63. The number of carbonyl (C=O) groups excluding carboxylic acids is 1. The van der Waals surface area contributed by atoms with E-state index in [9.17, 15) is 4.79 Å². The largest absolute Gasteiger partial charge is 0.349 e. The second kappa shape index (κ2) is 10.8. The van der Waals surface area contributed by atoms with E-state index >= 15 is 0 Å². The number of hydrogen-bond donors (Lipinski definition) is 1. The minimum absolute atomic E-state index is 0.0226. The van der Waals surface area contributed by atoms with E-state index in [1.807, 2.05) is 25.1 Å². The van der Waals surface area contributed by atoms with Gasteiger partial charge in [0.15, 0.2) is 0 Å². The second-order valence-corrected chi connectivity index (χ2v) is 10.3. The van der Waals surface area contributed by atoms with Crippen molar-refractivity contribution in [1.29, 1.82) is 0 Å². The van der Waals surface area contributed by atoms with Crippen LogP contribution in [0.25, 0.3) is 16.6 Å². The van der Waals surface area contributed by atoms with Crippen molar-refractivity contribution in [3.63, 3.8) is 0 Å². The number of benzene rings is 3. The highest BCUT2D eigenvalue weighted by Gasteiger charge is 2.21. The van der Waals surface area contributed by atoms with Crippen LogP contribution in [0.1, 0.15) is 78.4 Å². The van der Waals surface area contributed by atoms with Crippen LogP contribution in [0.4, 0.5) is 0 Å². The molecule has 1 amide bonds. The van der Waals surface area contributed by atoms with E-state index in [2.05, 4.69) is 98.1 Å². The number of amides is 1. The van der Waals surface area contributed by atoms with Gasteiger partial charge >= 0.3 is 0 Å². The van der Waals surface area contributed by atoms with E-state index in [1.165, 1.54) is 33.3 Å². The van der Waals surface area contributed by atoms with E-state index in [4.69, 9.17) is 4.98 Å². The van der Waals surface area contributed by atoms with Gasteiger partial charge in [-0.3, -0.25) is 9.20 Å². The molecule has 5 aromatic rings. The van der Waals surface area contributed by atoms with E-state index < -0.39 is 0 Å². The maximum absolute atomic E-state index is 13.1. The van der Waals surface area contributed by atoms with Crippen LogP contribution >= 0.6 is 0 Å². The summed E-state index contributed by atoms with van der Waals surface area (Å²) in [5.74, 6) is -0.169. The highest BCUT2D eigenvalue weighted by Crippen LogP contribution is 2.31. The molecule has 38 heavy (non-hydrogen) atoms. The first-order chi connectivity index (χ1) is 18.4. The van der Waals surface area contributed by atoms with Gasteiger partial charge in [0.2, 0.25) is 5.91 Å². The fourth-order valence-electron chi connectivity index (χ4n) is 5.54. The Kier molecular flexibility index (Phi) is 7.33. The van der Waals surface area contributed by atoms with E-state index in [1.54, 1.807) is 0 Å². The topological polar surface area (TPSA) is 46.4 Å². The molecule has 3 aromatic carbocycles. The number of fused-ring (bicyclic) bond motifs is 3. The zero-order valence-electron chi connectivity index (χ0n) is 23.1. The average Bonchev–Trinajstić information content (AvgIpc) is 3.27.